The largest absolute Gasteiger partial charge is 0.399 e. The van der Waals surface area contributed by atoms with Gasteiger partial charge in [0.25, 0.3) is 0 Å². The SMILES string of the molecule is Nc1ccc(CS(=O)(=O)Nc2ccccc2)cc1. The molecule has 3 N–H and O–H groups in total. The second kappa shape index (κ2) is 5.10. The molecule has 2 aromatic carbocycles. The van der Waals surface area contributed by atoms with Crippen LogP contribution in [0.15, 0.2) is 54.6 Å². The van der Waals surface area contributed by atoms with Crippen molar-refractivity contribution in [3.63, 3.8) is 0 Å². The van der Waals surface area contributed by atoms with Crippen LogP contribution < -0.4 is 10.5 Å². The molecule has 0 aromatic heterocycles. The molecule has 2 rings (SSSR count). The molecule has 4 nitrogen and oxygen atoms in total. The maximum atomic E-state index is 11.9. The molecule has 0 heterocycles. The third-order valence-corrected chi connectivity index (χ3v) is 3.64. The molecule has 2 aromatic rings. The van der Waals surface area contributed by atoms with Gasteiger partial charge in [0.05, 0.1) is 5.75 Å². The lowest BCUT2D eigenvalue weighted by Gasteiger charge is -2.08. The summed E-state index contributed by atoms with van der Waals surface area (Å²) >= 11 is 0. The zero-order valence-electron chi connectivity index (χ0n) is 9.71. The molecule has 0 saturated carbocycles. The van der Waals surface area contributed by atoms with E-state index in [0.29, 0.717) is 16.9 Å². The molecular formula is C13H14N2O2S. The first-order chi connectivity index (χ1) is 8.55. The molecule has 0 bridgehead atoms. The fourth-order valence-corrected chi connectivity index (χ4v) is 2.75. The minimum absolute atomic E-state index is 0.0673. The van der Waals surface area contributed by atoms with E-state index in [0.717, 1.165) is 0 Å². The van der Waals surface area contributed by atoms with Gasteiger partial charge in [-0.15, -0.1) is 0 Å². The van der Waals surface area contributed by atoms with Crippen LogP contribution in [0.3, 0.4) is 0 Å². The molecular weight excluding hydrogens is 248 g/mol. The first kappa shape index (κ1) is 12.4. The summed E-state index contributed by atoms with van der Waals surface area (Å²) in [6.07, 6.45) is 0. The molecule has 0 aliphatic rings. The van der Waals surface area contributed by atoms with Crippen molar-refractivity contribution >= 4 is 21.4 Å². The number of nitrogens with one attached hydrogen (secondary N) is 1. The van der Waals surface area contributed by atoms with Crippen LogP contribution in [-0.4, -0.2) is 8.42 Å². The van der Waals surface area contributed by atoms with Gasteiger partial charge in [0.15, 0.2) is 0 Å². The molecule has 0 amide bonds. The van der Waals surface area contributed by atoms with E-state index in [1.54, 1.807) is 48.5 Å². The highest BCUT2D eigenvalue weighted by Gasteiger charge is 2.11. The molecule has 0 saturated heterocycles. The molecule has 0 fully saturated rings. The molecule has 0 aliphatic carbocycles. The quantitative estimate of drug-likeness (QED) is 0.830. The van der Waals surface area contributed by atoms with Crippen molar-refractivity contribution in [3.05, 3.63) is 60.2 Å². The summed E-state index contributed by atoms with van der Waals surface area (Å²) in [5.41, 5.74) is 7.43. The number of rotatable bonds is 4. The summed E-state index contributed by atoms with van der Waals surface area (Å²) in [5, 5.41) is 0. The third kappa shape index (κ3) is 3.49. The summed E-state index contributed by atoms with van der Waals surface area (Å²) in [6, 6.07) is 15.6. The lowest BCUT2D eigenvalue weighted by atomic mass is 10.2. The van der Waals surface area contributed by atoms with Gasteiger partial charge in [0, 0.05) is 11.4 Å². The average molecular weight is 262 g/mol. The van der Waals surface area contributed by atoms with Gasteiger partial charge in [0.2, 0.25) is 10.0 Å². The zero-order valence-corrected chi connectivity index (χ0v) is 10.5. The lowest BCUT2D eigenvalue weighted by Crippen LogP contribution is -2.14. The Balaban J connectivity index is 2.10. The molecule has 0 spiro atoms. The van der Waals surface area contributed by atoms with Crippen LogP contribution in [0.25, 0.3) is 0 Å². The van der Waals surface area contributed by atoms with Crippen molar-refractivity contribution in [2.24, 2.45) is 0 Å². The second-order valence-electron chi connectivity index (χ2n) is 3.97. The highest BCUT2D eigenvalue weighted by atomic mass is 32.2. The van der Waals surface area contributed by atoms with Crippen LogP contribution in [0.1, 0.15) is 5.56 Å². The average Bonchev–Trinajstić information content (AvgIpc) is 2.32. The van der Waals surface area contributed by atoms with Gasteiger partial charge >= 0.3 is 0 Å². The molecule has 94 valence electrons. The van der Waals surface area contributed by atoms with Crippen molar-refractivity contribution < 1.29 is 8.42 Å². The van der Waals surface area contributed by atoms with Gasteiger partial charge < -0.3 is 5.73 Å². The Bertz CT molecular complexity index is 607. The maximum absolute atomic E-state index is 11.9. The number of nitrogen functional groups attached to an aromatic ring is 1. The van der Waals surface area contributed by atoms with Gasteiger partial charge in [-0.05, 0) is 29.8 Å². The van der Waals surface area contributed by atoms with Gasteiger partial charge in [0.1, 0.15) is 0 Å². The van der Waals surface area contributed by atoms with Gasteiger partial charge in [-0.3, -0.25) is 4.72 Å². The normalized spacial score (nSPS) is 11.1. The minimum atomic E-state index is -3.39. The topological polar surface area (TPSA) is 72.2 Å². The lowest BCUT2D eigenvalue weighted by molar-refractivity contribution is 0.600. The van der Waals surface area contributed by atoms with Gasteiger partial charge in [-0.1, -0.05) is 30.3 Å². The first-order valence-electron chi connectivity index (χ1n) is 5.45. The van der Waals surface area contributed by atoms with Crippen LogP contribution in [0.5, 0.6) is 0 Å². The number of nitrogens with two attached hydrogens (primary N) is 1. The first-order valence-corrected chi connectivity index (χ1v) is 7.10. The number of benzene rings is 2. The summed E-state index contributed by atoms with van der Waals surface area (Å²) in [7, 11) is -3.39. The monoisotopic (exact) mass is 262 g/mol. The summed E-state index contributed by atoms with van der Waals surface area (Å²) in [4.78, 5) is 0. The number of hydrogen-bond donors (Lipinski definition) is 2. The van der Waals surface area contributed by atoms with Crippen LogP contribution in [0, 0.1) is 0 Å². The summed E-state index contributed by atoms with van der Waals surface area (Å²) in [5.74, 6) is -0.0673. The van der Waals surface area contributed by atoms with Gasteiger partial charge in [-0.25, -0.2) is 8.42 Å². The van der Waals surface area contributed by atoms with E-state index >= 15 is 0 Å². The highest BCUT2D eigenvalue weighted by Crippen LogP contribution is 2.13. The second-order valence-corrected chi connectivity index (χ2v) is 5.69. The van der Waals surface area contributed by atoms with Crippen LogP contribution in [0.4, 0.5) is 11.4 Å². The van der Waals surface area contributed by atoms with Gasteiger partial charge in [-0.2, -0.15) is 0 Å². The van der Waals surface area contributed by atoms with E-state index in [1.165, 1.54) is 0 Å². The Morgan fingerprint density at radius 3 is 2.17 bits per heavy atom. The molecule has 18 heavy (non-hydrogen) atoms. The molecule has 0 aliphatic heterocycles. The Labute approximate surface area is 107 Å². The zero-order chi connectivity index (χ0) is 13.0. The van der Waals surface area contributed by atoms with E-state index in [4.69, 9.17) is 5.73 Å². The van der Waals surface area contributed by atoms with E-state index in [1.807, 2.05) is 6.07 Å². The van der Waals surface area contributed by atoms with Crippen molar-refractivity contribution in [1.29, 1.82) is 0 Å². The Kier molecular flexibility index (Phi) is 3.53. The predicted octanol–water partition coefficient (Wildman–Crippen LogP) is 2.21. The Morgan fingerprint density at radius 2 is 1.56 bits per heavy atom. The van der Waals surface area contributed by atoms with E-state index in [9.17, 15) is 8.42 Å². The number of para-hydroxylation sites is 1. The fraction of sp³-hybridized carbons (Fsp3) is 0.0769. The maximum Gasteiger partial charge on any atom is 0.236 e. The van der Waals surface area contributed by atoms with E-state index in [2.05, 4.69) is 4.72 Å². The van der Waals surface area contributed by atoms with Crippen LogP contribution >= 0.6 is 0 Å². The Hall–Kier alpha value is -2.01. The predicted molar refractivity (Wildman–Crippen MR) is 73.5 cm³/mol. The Morgan fingerprint density at radius 1 is 0.944 bits per heavy atom. The fourth-order valence-electron chi connectivity index (χ4n) is 1.56. The number of hydrogen-bond acceptors (Lipinski definition) is 3. The number of sulfonamides is 1. The van der Waals surface area contributed by atoms with Crippen molar-refractivity contribution in [2.45, 2.75) is 5.75 Å². The van der Waals surface area contributed by atoms with E-state index < -0.39 is 10.0 Å². The minimum Gasteiger partial charge on any atom is -0.399 e. The standard InChI is InChI=1S/C13H14N2O2S/c14-12-8-6-11(7-9-12)10-18(16,17)15-13-4-2-1-3-5-13/h1-9,15H,10,14H2. The molecule has 0 radical (unpaired) electrons. The molecule has 5 heteroatoms. The van der Waals surface area contributed by atoms with Crippen molar-refractivity contribution in [1.82, 2.24) is 0 Å². The molecule has 0 unspecified atom stereocenters. The van der Waals surface area contributed by atoms with Crippen LogP contribution in [-0.2, 0) is 15.8 Å². The molecule has 0 atom stereocenters. The van der Waals surface area contributed by atoms with Crippen molar-refractivity contribution in [2.75, 3.05) is 10.5 Å². The third-order valence-electron chi connectivity index (χ3n) is 2.38. The smallest absolute Gasteiger partial charge is 0.236 e. The van der Waals surface area contributed by atoms with E-state index in [-0.39, 0.29) is 5.75 Å². The summed E-state index contributed by atoms with van der Waals surface area (Å²) < 4.78 is 26.3. The highest BCUT2D eigenvalue weighted by molar-refractivity contribution is 7.91. The van der Waals surface area contributed by atoms with Crippen molar-refractivity contribution in [3.8, 4) is 0 Å². The summed E-state index contributed by atoms with van der Waals surface area (Å²) in [6.45, 7) is 0. The number of anilines is 2. The van der Waals surface area contributed by atoms with Crippen LogP contribution in [0.2, 0.25) is 0 Å².